The van der Waals surface area contributed by atoms with Gasteiger partial charge in [0.05, 0.1) is 11.1 Å². The predicted molar refractivity (Wildman–Crippen MR) is 131 cm³/mol. The second-order valence-corrected chi connectivity index (χ2v) is 10.2. The van der Waals surface area contributed by atoms with Crippen molar-refractivity contribution < 1.29 is 19.1 Å². The molecule has 3 N–H and O–H groups in total. The van der Waals surface area contributed by atoms with E-state index in [9.17, 15) is 14.4 Å². The molecule has 9 heteroatoms. The van der Waals surface area contributed by atoms with Crippen LogP contribution in [-0.2, 0) is 26.8 Å². The first-order valence-corrected chi connectivity index (χ1v) is 12.5. The third kappa shape index (κ3) is 4.45. The van der Waals surface area contributed by atoms with Crippen LogP contribution in [0.1, 0.15) is 61.5 Å². The lowest BCUT2D eigenvalue weighted by atomic mass is 9.76. The van der Waals surface area contributed by atoms with E-state index in [0.717, 1.165) is 31.2 Å². The topological polar surface area (TPSA) is 114 Å². The predicted octanol–water partition coefficient (Wildman–Crippen LogP) is 2.98. The molecule has 0 radical (unpaired) electrons. The summed E-state index contributed by atoms with van der Waals surface area (Å²) in [7, 11) is 1.81. The molecule has 35 heavy (non-hydrogen) atoms. The summed E-state index contributed by atoms with van der Waals surface area (Å²) in [4.78, 5) is 43.7. The first-order valence-electron chi connectivity index (χ1n) is 12.5. The number of aryl methyl sites for hydroxylation is 1. The van der Waals surface area contributed by atoms with Crippen LogP contribution in [0, 0.1) is 11.8 Å². The van der Waals surface area contributed by atoms with E-state index in [0.29, 0.717) is 49.2 Å². The molecule has 5 rings (SSSR count). The Balaban J connectivity index is 1.35. The Bertz CT molecular complexity index is 1130. The summed E-state index contributed by atoms with van der Waals surface area (Å²) in [5, 5.41) is 8.86. The summed E-state index contributed by atoms with van der Waals surface area (Å²) >= 11 is 0. The van der Waals surface area contributed by atoms with Gasteiger partial charge in [-0.2, -0.15) is 0 Å². The van der Waals surface area contributed by atoms with Crippen molar-refractivity contribution in [1.82, 2.24) is 14.9 Å². The number of ether oxygens (including phenoxy) is 1. The number of hydrogen-bond acceptors (Lipinski definition) is 5. The van der Waals surface area contributed by atoms with Crippen molar-refractivity contribution >= 4 is 29.2 Å². The Morgan fingerprint density at radius 2 is 1.97 bits per heavy atom. The van der Waals surface area contributed by atoms with E-state index < -0.39 is 11.5 Å². The largest absolute Gasteiger partial charge is 0.381 e. The smallest absolute Gasteiger partial charge is 0.268 e. The fourth-order valence-electron chi connectivity index (χ4n) is 5.72. The summed E-state index contributed by atoms with van der Waals surface area (Å²) < 4.78 is 7.20. The van der Waals surface area contributed by atoms with Crippen LogP contribution in [0.25, 0.3) is 0 Å². The van der Waals surface area contributed by atoms with Gasteiger partial charge in [-0.3, -0.25) is 14.4 Å². The molecule has 1 aliphatic carbocycles. The Kier molecular flexibility index (Phi) is 6.35. The van der Waals surface area contributed by atoms with Crippen molar-refractivity contribution in [2.45, 2.75) is 56.9 Å². The quantitative estimate of drug-likeness (QED) is 0.610. The van der Waals surface area contributed by atoms with Crippen molar-refractivity contribution in [1.29, 1.82) is 0 Å². The molecule has 9 nitrogen and oxygen atoms in total. The zero-order chi connectivity index (χ0) is 24.6. The van der Waals surface area contributed by atoms with Gasteiger partial charge in [0.25, 0.3) is 5.91 Å². The van der Waals surface area contributed by atoms with E-state index in [-0.39, 0.29) is 23.6 Å². The molecule has 2 aliphatic heterocycles. The molecule has 2 aromatic heterocycles. The Labute approximate surface area is 205 Å². The average Bonchev–Trinajstić information content (AvgIpc) is 3.39. The van der Waals surface area contributed by atoms with Crippen molar-refractivity contribution in [2.24, 2.45) is 18.9 Å². The van der Waals surface area contributed by atoms with Gasteiger partial charge < -0.3 is 25.3 Å². The number of carbonyl (C=O) groups is 3. The number of nitrogens with one attached hydrogen (secondary N) is 3. The highest BCUT2D eigenvalue weighted by Crippen LogP contribution is 2.44. The maximum atomic E-state index is 13.5. The van der Waals surface area contributed by atoms with E-state index >= 15 is 0 Å². The molecule has 4 heterocycles. The SMILES string of the molecule is CC1CCC([C@H](NC(=O)c2cccn2C)C(=O)Nc2cc3c(cn2)C2(CCOCC2)C(=O)N3)CC1. The van der Waals surface area contributed by atoms with Crippen LogP contribution in [-0.4, -0.2) is 46.5 Å². The first-order chi connectivity index (χ1) is 16.9. The third-order valence-electron chi connectivity index (χ3n) is 7.98. The molecule has 2 aromatic rings. The lowest BCUT2D eigenvalue weighted by Gasteiger charge is -2.32. The highest BCUT2D eigenvalue weighted by atomic mass is 16.5. The maximum absolute atomic E-state index is 13.5. The van der Waals surface area contributed by atoms with Crippen LogP contribution in [0.3, 0.4) is 0 Å². The average molecular weight is 480 g/mol. The van der Waals surface area contributed by atoms with Crippen molar-refractivity contribution in [2.75, 3.05) is 23.8 Å². The molecule has 3 aliphatic rings. The molecule has 1 saturated heterocycles. The van der Waals surface area contributed by atoms with Crippen molar-refractivity contribution in [3.8, 4) is 0 Å². The molecule has 1 atom stereocenters. The molecule has 0 bridgehead atoms. The maximum Gasteiger partial charge on any atom is 0.268 e. The zero-order valence-corrected chi connectivity index (χ0v) is 20.3. The van der Waals surface area contributed by atoms with Crippen LogP contribution in [0.5, 0.6) is 0 Å². The Morgan fingerprint density at radius 1 is 1.23 bits per heavy atom. The molecule has 1 spiro atoms. The number of amides is 3. The second kappa shape index (κ2) is 9.45. The van der Waals surface area contributed by atoms with Gasteiger partial charge in [0.2, 0.25) is 11.8 Å². The minimum absolute atomic E-state index is 0.0369. The van der Waals surface area contributed by atoms with Gasteiger partial charge in [0.1, 0.15) is 17.6 Å². The van der Waals surface area contributed by atoms with Crippen LogP contribution in [0.2, 0.25) is 0 Å². The molecule has 186 valence electrons. The lowest BCUT2D eigenvalue weighted by Crippen LogP contribution is -2.49. The van der Waals surface area contributed by atoms with Crippen LogP contribution >= 0.6 is 0 Å². The Morgan fingerprint density at radius 3 is 2.66 bits per heavy atom. The second-order valence-electron chi connectivity index (χ2n) is 10.2. The van der Waals surface area contributed by atoms with Crippen molar-refractivity contribution in [3.05, 3.63) is 41.9 Å². The van der Waals surface area contributed by atoms with Crippen molar-refractivity contribution in [3.63, 3.8) is 0 Å². The normalized spacial score (nSPS) is 23.9. The minimum atomic E-state index is -0.670. The molecular weight excluding hydrogens is 446 g/mol. The summed E-state index contributed by atoms with van der Waals surface area (Å²) in [6, 6.07) is 4.59. The van der Waals surface area contributed by atoms with E-state index in [1.54, 1.807) is 42.2 Å². The van der Waals surface area contributed by atoms with E-state index in [1.165, 1.54) is 0 Å². The first kappa shape index (κ1) is 23.5. The van der Waals surface area contributed by atoms with Gasteiger partial charge in [-0.05, 0) is 49.7 Å². The summed E-state index contributed by atoms with van der Waals surface area (Å²) in [5.41, 5.74) is 1.44. The standard InChI is InChI=1S/C26H33N5O4/c1-16-5-7-17(8-6-16)22(30-23(32)20-4-3-11-31(20)2)24(33)29-21-14-19-18(15-27-21)26(25(34)28-19)9-12-35-13-10-26/h3-4,11,14-17,22H,5-10,12-13H2,1-2H3,(H,28,34)(H,30,32)(H,27,29,33)/t16?,17?,22-/m0/s1. The van der Waals surface area contributed by atoms with E-state index in [2.05, 4.69) is 27.9 Å². The summed E-state index contributed by atoms with van der Waals surface area (Å²) in [6.45, 7) is 3.30. The highest BCUT2D eigenvalue weighted by molar-refractivity contribution is 6.07. The number of rotatable bonds is 5. The van der Waals surface area contributed by atoms with Gasteiger partial charge in [-0.25, -0.2) is 4.98 Å². The number of aromatic nitrogens is 2. The zero-order valence-electron chi connectivity index (χ0n) is 20.3. The number of carbonyl (C=O) groups excluding carboxylic acids is 3. The number of hydrogen-bond donors (Lipinski definition) is 3. The monoisotopic (exact) mass is 479 g/mol. The lowest BCUT2D eigenvalue weighted by molar-refractivity contribution is -0.124. The van der Waals surface area contributed by atoms with Crippen LogP contribution in [0.15, 0.2) is 30.6 Å². The number of anilines is 2. The fourth-order valence-corrected chi connectivity index (χ4v) is 5.72. The minimum Gasteiger partial charge on any atom is -0.381 e. The van der Waals surface area contributed by atoms with Gasteiger partial charge in [0, 0.05) is 44.3 Å². The van der Waals surface area contributed by atoms with E-state index in [1.807, 2.05) is 0 Å². The molecular formula is C26H33N5O4. The fraction of sp³-hybridized carbons (Fsp3) is 0.538. The molecule has 0 aromatic carbocycles. The number of pyridine rings is 1. The number of fused-ring (bicyclic) bond motifs is 2. The third-order valence-corrected chi connectivity index (χ3v) is 7.98. The Hall–Kier alpha value is -3.20. The molecule has 1 saturated carbocycles. The van der Waals surface area contributed by atoms with Gasteiger partial charge >= 0.3 is 0 Å². The highest BCUT2D eigenvalue weighted by Gasteiger charge is 2.48. The number of nitrogens with zero attached hydrogens (tertiary/aromatic N) is 2. The van der Waals surface area contributed by atoms with Gasteiger partial charge in [-0.15, -0.1) is 0 Å². The van der Waals surface area contributed by atoms with Crippen LogP contribution in [0.4, 0.5) is 11.5 Å². The van der Waals surface area contributed by atoms with E-state index in [4.69, 9.17) is 4.74 Å². The molecule has 0 unspecified atom stereocenters. The molecule has 3 amide bonds. The van der Waals surface area contributed by atoms with Gasteiger partial charge in [-0.1, -0.05) is 19.8 Å². The van der Waals surface area contributed by atoms with Gasteiger partial charge in [0.15, 0.2) is 0 Å². The summed E-state index contributed by atoms with van der Waals surface area (Å²) in [5.74, 6) is 0.440. The summed E-state index contributed by atoms with van der Waals surface area (Å²) in [6.07, 6.45) is 8.55. The molecule has 2 fully saturated rings. The van der Waals surface area contributed by atoms with Crippen LogP contribution < -0.4 is 16.0 Å².